The zero-order valence-corrected chi connectivity index (χ0v) is 16.4. The third-order valence-corrected chi connectivity index (χ3v) is 6.81. The number of nitrogens with zero attached hydrogens (tertiary/aromatic N) is 1. The van der Waals surface area contributed by atoms with Crippen LogP contribution in [0.4, 0.5) is 5.69 Å². The molecular weight excluding hydrogens is 360 g/mol. The zero-order valence-electron chi connectivity index (χ0n) is 15.6. The molecule has 1 N–H and O–H groups in total. The summed E-state index contributed by atoms with van der Waals surface area (Å²) in [5, 5.41) is 2.99. The Morgan fingerprint density at radius 1 is 1.11 bits per heavy atom. The minimum Gasteiger partial charge on any atom is -0.326 e. The van der Waals surface area contributed by atoms with Gasteiger partial charge in [0.1, 0.15) is 0 Å². The van der Waals surface area contributed by atoms with Crippen LogP contribution in [0, 0.1) is 5.92 Å². The van der Waals surface area contributed by atoms with E-state index in [-0.39, 0.29) is 24.1 Å². The Kier molecular flexibility index (Phi) is 6.29. The molecular formula is C21H26N2O3S. The maximum Gasteiger partial charge on any atom is 0.228 e. The van der Waals surface area contributed by atoms with Crippen LogP contribution >= 0.6 is 0 Å². The van der Waals surface area contributed by atoms with Crippen molar-refractivity contribution in [2.45, 2.75) is 31.9 Å². The standard InChI is InChI=1S/C21H26N2O3S/c1-2-18-11-6-7-13-20(18)22-21(24)19-12-8-14-23(15-19)27(25,26)16-17-9-4-3-5-10-17/h3-7,9-11,13,19H,2,8,12,14-16H2,1H3,(H,22,24)/t19-/m0/s1. The number of sulfonamides is 1. The number of carbonyl (C=O) groups is 1. The summed E-state index contributed by atoms with van der Waals surface area (Å²) >= 11 is 0. The van der Waals surface area contributed by atoms with Crippen LogP contribution in [0.1, 0.15) is 30.9 Å². The highest BCUT2D eigenvalue weighted by Gasteiger charge is 2.32. The Bertz CT molecular complexity index is 881. The van der Waals surface area contributed by atoms with Crippen molar-refractivity contribution in [3.05, 3.63) is 65.7 Å². The first kappa shape index (κ1) is 19.6. The molecule has 0 aliphatic carbocycles. The van der Waals surface area contributed by atoms with E-state index in [4.69, 9.17) is 0 Å². The Balaban J connectivity index is 1.67. The van der Waals surface area contributed by atoms with Crippen molar-refractivity contribution >= 4 is 21.6 Å². The topological polar surface area (TPSA) is 66.5 Å². The number of carbonyl (C=O) groups excluding carboxylic acids is 1. The fraction of sp³-hybridized carbons (Fsp3) is 0.381. The SMILES string of the molecule is CCc1ccccc1NC(=O)[C@H]1CCCN(S(=O)(=O)Cc2ccccc2)C1. The number of nitrogens with one attached hydrogen (secondary N) is 1. The zero-order chi connectivity index (χ0) is 19.3. The predicted octanol–water partition coefficient (Wildman–Crippen LogP) is 3.43. The molecule has 1 atom stereocenters. The maximum absolute atomic E-state index is 12.8. The van der Waals surface area contributed by atoms with Crippen LogP contribution in [-0.2, 0) is 27.0 Å². The summed E-state index contributed by atoms with van der Waals surface area (Å²) in [6.07, 6.45) is 2.23. The third-order valence-electron chi connectivity index (χ3n) is 5.00. The normalized spacial score (nSPS) is 18.2. The van der Waals surface area contributed by atoms with Gasteiger partial charge in [-0.3, -0.25) is 4.79 Å². The molecule has 2 aromatic rings. The van der Waals surface area contributed by atoms with Crippen molar-refractivity contribution in [2.75, 3.05) is 18.4 Å². The molecule has 1 saturated heterocycles. The highest BCUT2D eigenvalue weighted by molar-refractivity contribution is 7.88. The average molecular weight is 387 g/mol. The summed E-state index contributed by atoms with van der Waals surface area (Å²) in [5.74, 6) is -0.453. The van der Waals surface area contributed by atoms with Crippen molar-refractivity contribution in [1.29, 1.82) is 0 Å². The van der Waals surface area contributed by atoms with E-state index in [1.54, 1.807) is 0 Å². The van der Waals surface area contributed by atoms with E-state index < -0.39 is 10.0 Å². The number of hydrogen-bond acceptors (Lipinski definition) is 3. The van der Waals surface area contributed by atoms with E-state index in [1.807, 2.05) is 61.5 Å². The monoisotopic (exact) mass is 386 g/mol. The first-order valence-electron chi connectivity index (χ1n) is 9.40. The smallest absolute Gasteiger partial charge is 0.228 e. The van der Waals surface area contributed by atoms with Crippen molar-refractivity contribution < 1.29 is 13.2 Å². The molecule has 2 aromatic carbocycles. The van der Waals surface area contributed by atoms with Gasteiger partial charge < -0.3 is 5.32 Å². The number of piperidine rings is 1. The summed E-state index contributed by atoms with van der Waals surface area (Å²) in [6.45, 7) is 2.77. The largest absolute Gasteiger partial charge is 0.326 e. The number of anilines is 1. The van der Waals surface area contributed by atoms with Gasteiger partial charge in [-0.2, -0.15) is 0 Å². The molecule has 144 valence electrons. The molecule has 0 radical (unpaired) electrons. The summed E-state index contributed by atoms with van der Waals surface area (Å²) in [5.41, 5.74) is 2.66. The lowest BCUT2D eigenvalue weighted by atomic mass is 9.98. The van der Waals surface area contributed by atoms with Crippen molar-refractivity contribution in [3.63, 3.8) is 0 Å². The number of aryl methyl sites for hydroxylation is 1. The van der Waals surface area contributed by atoms with Crippen molar-refractivity contribution in [1.82, 2.24) is 4.31 Å². The number of benzene rings is 2. The van der Waals surface area contributed by atoms with Crippen LogP contribution in [0.15, 0.2) is 54.6 Å². The molecule has 3 rings (SSSR count). The molecule has 1 fully saturated rings. The number of amides is 1. The summed E-state index contributed by atoms with van der Waals surface area (Å²) in [7, 11) is -3.44. The molecule has 27 heavy (non-hydrogen) atoms. The highest BCUT2D eigenvalue weighted by atomic mass is 32.2. The van der Waals surface area contributed by atoms with Gasteiger partial charge in [0, 0.05) is 18.8 Å². The molecule has 1 heterocycles. The second kappa shape index (κ2) is 8.67. The third kappa shape index (κ3) is 4.96. The van der Waals surface area contributed by atoms with Gasteiger partial charge in [0.15, 0.2) is 0 Å². The van der Waals surface area contributed by atoms with Crippen LogP contribution < -0.4 is 5.32 Å². The molecule has 0 saturated carbocycles. The highest BCUT2D eigenvalue weighted by Crippen LogP contribution is 2.24. The number of rotatable bonds is 6. The van der Waals surface area contributed by atoms with Crippen LogP contribution in [0.2, 0.25) is 0 Å². The van der Waals surface area contributed by atoms with E-state index in [1.165, 1.54) is 4.31 Å². The molecule has 1 amide bonds. The molecule has 0 bridgehead atoms. The molecule has 0 aromatic heterocycles. The van der Waals surface area contributed by atoms with Gasteiger partial charge in [-0.05, 0) is 36.5 Å². The Morgan fingerprint density at radius 3 is 2.56 bits per heavy atom. The second-order valence-corrected chi connectivity index (χ2v) is 8.91. The number of para-hydroxylation sites is 1. The van der Waals surface area contributed by atoms with E-state index in [9.17, 15) is 13.2 Å². The summed E-state index contributed by atoms with van der Waals surface area (Å²) < 4.78 is 27.0. The van der Waals surface area contributed by atoms with Crippen LogP contribution in [0.5, 0.6) is 0 Å². The minimum absolute atomic E-state index is 0.0269. The summed E-state index contributed by atoms with van der Waals surface area (Å²) in [4.78, 5) is 12.7. The summed E-state index contributed by atoms with van der Waals surface area (Å²) in [6, 6.07) is 16.9. The minimum atomic E-state index is -3.44. The van der Waals surface area contributed by atoms with E-state index in [2.05, 4.69) is 5.32 Å². The lowest BCUT2D eigenvalue weighted by Crippen LogP contribution is -2.44. The van der Waals surface area contributed by atoms with Crippen LogP contribution in [-0.4, -0.2) is 31.7 Å². The second-order valence-electron chi connectivity index (χ2n) is 6.94. The van der Waals surface area contributed by atoms with Gasteiger partial charge in [-0.25, -0.2) is 12.7 Å². The first-order valence-corrected chi connectivity index (χ1v) is 11.0. The van der Waals surface area contributed by atoms with Crippen LogP contribution in [0.25, 0.3) is 0 Å². The maximum atomic E-state index is 12.8. The fourth-order valence-corrected chi connectivity index (χ4v) is 5.08. The van der Waals surface area contributed by atoms with Gasteiger partial charge in [-0.15, -0.1) is 0 Å². The molecule has 6 heteroatoms. The predicted molar refractivity (Wildman–Crippen MR) is 108 cm³/mol. The van der Waals surface area contributed by atoms with E-state index >= 15 is 0 Å². The van der Waals surface area contributed by atoms with Gasteiger partial charge in [0.05, 0.1) is 11.7 Å². The van der Waals surface area contributed by atoms with Gasteiger partial charge in [-0.1, -0.05) is 55.5 Å². The van der Waals surface area contributed by atoms with E-state index in [0.29, 0.717) is 19.4 Å². The van der Waals surface area contributed by atoms with Gasteiger partial charge in [0.25, 0.3) is 0 Å². The van der Waals surface area contributed by atoms with E-state index in [0.717, 1.165) is 23.2 Å². The Hall–Kier alpha value is -2.18. The number of hydrogen-bond donors (Lipinski definition) is 1. The first-order chi connectivity index (χ1) is 13.0. The fourth-order valence-electron chi connectivity index (χ4n) is 3.47. The lowest BCUT2D eigenvalue weighted by Gasteiger charge is -2.31. The molecule has 1 aliphatic rings. The van der Waals surface area contributed by atoms with Gasteiger partial charge in [0.2, 0.25) is 15.9 Å². The van der Waals surface area contributed by atoms with Crippen molar-refractivity contribution in [3.8, 4) is 0 Å². The molecule has 5 nitrogen and oxygen atoms in total. The van der Waals surface area contributed by atoms with Crippen LogP contribution in [0.3, 0.4) is 0 Å². The Labute approximate surface area is 161 Å². The molecule has 0 spiro atoms. The molecule has 0 unspecified atom stereocenters. The van der Waals surface area contributed by atoms with Gasteiger partial charge >= 0.3 is 0 Å². The lowest BCUT2D eigenvalue weighted by molar-refractivity contribution is -0.120. The average Bonchev–Trinajstić information content (AvgIpc) is 2.69. The van der Waals surface area contributed by atoms with Crippen molar-refractivity contribution in [2.24, 2.45) is 5.92 Å². The quantitative estimate of drug-likeness (QED) is 0.827. The Morgan fingerprint density at radius 2 is 1.81 bits per heavy atom. The molecule has 1 aliphatic heterocycles.